The molecule has 0 atom stereocenters. The highest BCUT2D eigenvalue weighted by Gasteiger charge is 2.19. The lowest BCUT2D eigenvalue weighted by Gasteiger charge is -2.12. The minimum atomic E-state index is -3.93. The Bertz CT molecular complexity index is 761. The second-order valence-corrected chi connectivity index (χ2v) is 6.47. The molecular formula is C12H10Cl2FN3O2S. The minimum absolute atomic E-state index is 0.0293. The molecule has 2 rings (SSSR count). The van der Waals surface area contributed by atoms with Gasteiger partial charge in [-0.15, -0.1) is 0 Å². The van der Waals surface area contributed by atoms with Crippen LogP contribution in [0.3, 0.4) is 0 Å². The van der Waals surface area contributed by atoms with Gasteiger partial charge in [0.25, 0.3) is 10.0 Å². The normalized spacial score (nSPS) is 11.2. The number of nitrogens with one attached hydrogen (secondary N) is 2. The minimum Gasteiger partial charge on any atom is -0.373 e. The number of benzene rings is 1. The van der Waals surface area contributed by atoms with Crippen molar-refractivity contribution in [2.24, 2.45) is 0 Å². The van der Waals surface area contributed by atoms with Crippen LogP contribution in [0.4, 0.5) is 15.9 Å². The molecule has 0 fully saturated rings. The van der Waals surface area contributed by atoms with E-state index in [1.165, 1.54) is 18.3 Å². The van der Waals surface area contributed by atoms with Gasteiger partial charge in [-0.2, -0.15) is 0 Å². The van der Waals surface area contributed by atoms with Crippen LogP contribution in [0.25, 0.3) is 0 Å². The van der Waals surface area contributed by atoms with Crippen LogP contribution in [0.1, 0.15) is 0 Å². The molecule has 0 amide bonds. The van der Waals surface area contributed by atoms with Crippen LogP contribution >= 0.6 is 23.2 Å². The van der Waals surface area contributed by atoms with E-state index in [0.29, 0.717) is 5.82 Å². The van der Waals surface area contributed by atoms with Gasteiger partial charge in [0.1, 0.15) is 11.6 Å². The highest BCUT2D eigenvalue weighted by molar-refractivity contribution is 7.92. The van der Waals surface area contributed by atoms with Crippen LogP contribution in [-0.4, -0.2) is 20.4 Å². The Labute approximate surface area is 131 Å². The summed E-state index contributed by atoms with van der Waals surface area (Å²) in [5, 5.41) is 2.46. The first-order valence-electron chi connectivity index (χ1n) is 5.64. The quantitative estimate of drug-likeness (QED) is 0.887. The summed E-state index contributed by atoms with van der Waals surface area (Å²) in [5.41, 5.74) is -0.0810. The maximum Gasteiger partial charge on any atom is 0.262 e. The number of aromatic nitrogens is 1. The van der Waals surface area contributed by atoms with Crippen LogP contribution in [0.5, 0.6) is 0 Å². The summed E-state index contributed by atoms with van der Waals surface area (Å²) in [7, 11) is -2.31. The Hall–Kier alpha value is -1.57. The van der Waals surface area contributed by atoms with Gasteiger partial charge in [-0.3, -0.25) is 4.72 Å². The largest absolute Gasteiger partial charge is 0.373 e. The number of hydrogen-bond acceptors (Lipinski definition) is 4. The van der Waals surface area contributed by atoms with E-state index in [2.05, 4.69) is 15.0 Å². The maximum atomic E-state index is 13.1. The van der Waals surface area contributed by atoms with Crippen LogP contribution in [0.15, 0.2) is 35.4 Å². The third-order valence-corrected chi connectivity index (χ3v) is 4.48. The second-order valence-electron chi connectivity index (χ2n) is 3.98. The first-order chi connectivity index (χ1) is 9.83. The van der Waals surface area contributed by atoms with Crippen LogP contribution in [0, 0.1) is 5.82 Å². The van der Waals surface area contributed by atoms with Crippen LogP contribution in [0.2, 0.25) is 10.0 Å². The van der Waals surface area contributed by atoms with E-state index >= 15 is 0 Å². The standard InChI is InChI=1S/C12H10Cl2FN3O2S/c1-16-11-6-8(2-3-17-11)21(19,20)18-12-9(13)4-7(15)5-10(12)14/h2-6,18H,1H3,(H,16,17). The summed E-state index contributed by atoms with van der Waals surface area (Å²) < 4.78 is 39.9. The summed E-state index contributed by atoms with van der Waals surface area (Å²) in [6, 6.07) is 4.59. The molecule has 0 unspecified atom stereocenters. The molecule has 0 saturated heterocycles. The zero-order valence-electron chi connectivity index (χ0n) is 10.7. The Morgan fingerprint density at radius 2 is 1.81 bits per heavy atom. The van der Waals surface area contributed by atoms with Crippen molar-refractivity contribution < 1.29 is 12.8 Å². The number of anilines is 2. The highest BCUT2D eigenvalue weighted by Crippen LogP contribution is 2.33. The molecule has 0 spiro atoms. The zero-order valence-corrected chi connectivity index (χ0v) is 13.0. The molecule has 2 aromatic rings. The summed E-state index contributed by atoms with van der Waals surface area (Å²) >= 11 is 11.6. The predicted octanol–water partition coefficient (Wildman–Crippen LogP) is 3.37. The first kappa shape index (κ1) is 15.8. The van der Waals surface area contributed by atoms with E-state index in [1.807, 2.05) is 0 Å². The van der Waals surface area contributed by atoms with Crippen molar-refractivity contribution in [2.75, 3.05) is 17.1 Å². The van der Waals surface area contributed by atoms with Crippen molar-refractivity contribution in [3.8, 4) is 0 Å². The molecule has 1 aromatic heterocycles. The Kier molecular flexibility index (Phi) is 4.55. The molecule has 1 heterocycles. The molecule has 0 bridgehead atoms. The number of halogens is 3. The molecule has 0 aliphatic heterocycles. The molecule has 5 nitrogen and oxygen atoms in total. The number of sulfonamides is 1. The van der Waals surface area contributed by atoms with Gasteiger partial charge in [0.05, 0.1) is 20.6 Å². The number of rotatable bonds is 4. The molecule has 0 aliphatic carbocycles. The van der Waals surface area contributed by atoms with E-state index in [-0.39, 0.29) is 20.6 Å². The zero-order chi connectivity index (χ0) is 15.6. The summed E-state index contributed by atoms with van der Waals surface area (Å²) in [6.45, 7) is 0. The average molecular weight is 350 g/mol. The highest BCUT2D eigenvalue weighted by atomic mass is 35.5. The van der Waals surface area contributed by atoms with E-state index in [0.717, 1.165) is 12.1 Å². The van der Waals surface area contributed by atoms with E-state index < -0.39 is 15.8 Å². The van der Waals surface area contributed by atoms with Crippen molar-refractivity contribution in [3.05, 3.63) is 46.3 Å². The Morgan fingerprint density at radius 1 is 1.19 bits per heavy atom. The molecule has 9 heteroatoms. The summed E-state index contributed by atoms with van der Waals surface area (Å²) in [6.07, 6.45) is 1.34. The van der Waals surface area contributed by atoms with Crippen molar-refractivity contribution in [1.29, 1.82) is 0 Å². The van der Waals surface area contributed by atoms with Gasteiger partial charge in [0.2, 0.25) is 0 Å². The summed E-state index contributed by atoms with van der Waals surface area (Å²) in [4.78, 5) is 3.89. The number of pyridine rings is 1. The van der Waals surface area contributed by atoms with Crippen LogP contribution < -0.4 is 10.0 Å². The molecular weight excluding hydrogens is 340 g/mol. The van der Waals surface area contributed by atoms with Crippen molar-refractivity contribution in [1.82, 2.24) is 4.98 Å². The number of nitrogens with zero attached hydrogens (tertiary/aromatic N) is 1. The molecule has 112 valence electrons. The monoisotopic (exact) mass is 349 g/mol. The SMILES string of the molecule is CNc1cc(S(=O)(=O)Nc2c(Cl)cc(F)cc2Cl)ccn1. The lowest BCUT2D eigenvalue weighted by atomic mass is 10.3. The third kappa shape index (κ3) is 3.55. The molecule has 21 heavy (non-hydrogen) atoms. The van der Waals surface area contributed by atoms with Crippen LogP contribution in [-0.2, 0) is 10.0 Å². The van der Waals surface area contributed by atoms with E-state index in [1.54, 1.807) is 7.05 Å². The fourth-order valence-electron chi connectivity index (χ4n) is 1.55. The van der Waals surface area contributed by atoms with E-state index in [9.17, 15) is 12.8 Å². The average Bonchev–Trinajstić information content (AvgIpc) is 2.43. The lowest BCUT2D eigenvalue weighted by Crippen LogP contribution is -2.14. The smallest absolute Gasteiger partial charge is 0.262 e. The first-order valence-corrected chi connectivity index (χ1v) is 7.88. The lowest BCUT2D eigenvalue weighted by molar-refractivity contribution is 0.601. The summed E-state index contributed by atoms with van der Waals surface area (Å²) in [5.74, 6) is -0.275. The Morgan fingerprint density at radius 3 is 2.38 bits per heavy atom. The molecule has 0 aliphatic rings. The third-order valence-electron chi connectivity index (χ3n) is 2.54. The fourth-order valence-corrected chi connectivity index (χ4v) is 3.33. The van der Waals surface area contributed by atoms with Gasteiger partial charge in [-0.1, -0.05) is 23.2 Å². The topological polar surface area (TPSA) is 71.1 Å². The molecule has 2 N–H and O–H groups in total. The van der Waals surface area contributed by atoms with Gasteiger partial charge in [0, 0.05) is 19.3 Å². The van der Waals surface area contributed by atoms with Crippen molar-refractivity contribution >= 4 is 44.7 Å². The van der Waals surface area contributed by atoms with Gasteiger partial charge >= 0.3 is 0 Å². The van der Waals surface area contributed by atoms with Gasteiger partial charge < -0.3 is 5.32 Å². The van der Waals surface area contributed by atoms with Gasteiger partial charge in [-0.05, 0) is 18.2 Å². The Balaban J connectivity index is 2.42. The van der Waals surface area contributed by atoms with Gasteiger partial charge in [0.15, 0.2) is 0 Å². The number of hydrogen-bond donors (Lipinski definition) is 2. The fraction of sp³-hybridized carbons (Fsp3) is 0.0833. The predicted molar refractivity (Wildman–Crippen MR) is 81.0 cm³/mol. The molecule has 0 saturated carbocycles. The maximum absolute atomic E-state index is 13.1. The second kappa shape index (κ2) is 6.05. The molecule has 0 radical (unpaired) electrons. The van der Waals surface area contributed by atoms with Crippen molar-refractivity contribution in [2.45, 2.75) is 4.90 Å². The molecule has 1 aromatic carbocycles. The van der Waals surface area contributed by atoms with Crippen molar-refractivity contribution in [3.63, 3.8) is 0 Å². The van der Waals surface area contributed by atoms with Gasteiger partial charge in [-0.25, -0.2) is 17.8 Å². The van der Waals surface area contributed by atoms with E-state index in [4.69, 9.17) is 23.2 Å².